The zero-order valence-electron chi connectivity index (χ0n) is 28.3. The first kappa shape index (κ1) is 32.7. The smallest absolute Gasteiger partial charge is 0.329 e. The quantitative estimate of drug-likeness (QED) is 0.200. The Kier molecular flexibility index (Phi) is 8.06. The normalized spacial score (nSPS) is 38.8. The SMILES string of the molecule is C[C@]12CCC3c4ccc(OC(=O)C(N)CS(=O)(=O)Oc5ccc6c(c5)CCC5C6CC[C@@]6(C)C5CC[C@@H]6O)cc4CCC3C1CC[C@@H]2O. The molecule has 11 atom stereocenters. The van der Waals surface area contributed by atoms with E-state index in [2.05, 4.69) is 19.9 Å². The van der Waals surface area contributed by atoms with Gasteiger partial charge in [0.2, 0.25) is 0 Å². The van der Waals surface area contributed by atoms with Crippen LogP contribution in [0, 0.1) is 34.5 Å². The van der Waals surface area contributed by atoms with Crippen molar-refractivity contribution in [2.24, 2.45) is 40.2 Å². The van der Waals surface area contributed by atoms with Crippen LogP contribution in [0.5, 0.6) is 11.5 Å². The maximum Gasteiger partial charge on any atom is 0.329 e. The molecule has 260 valence electrons. The number of aliphatic hydroxyl groups excluding tert-OH is 2. The fourth-order valence-electron chi connectivity index (χ4n) is 11.8. The van der Waals surface area contributed by atoms with Crippen molar-refractivity contribution in [2.45, 2.75) is 121 Å². The Balaban J connectivity index is 0.889. The topological polar surface area (TPSA) is 136 Å². The summed E-state index contributed by atoms with van der Waals surface area (Å²) in [7, 11) is -4.16. The molecule has 0 aromatic heterocycles. The molecule has 6 aliphatic rings. The third kappa shape index (κ3) is 5.33. The van der Waals surface area contributed by atoms with Crippen LogP contribution in [-0.4, -0.2) is 48.6 Å². The van der Waals surface area contributed by atoms with E-state index in [1.807, 2.05) is 18.2 Å². The Morgan fingerprint density at radius 2 is 1.29 bits per heavy atom. The molecule has 4 N–H and O–H groups in total. The van der Waals surface area contributed by atoms with Crippen LogP contribution in [0.3, 0.4) is 0 Å². The fourth-order valence-corrected chi connectivity index (χ4v) is 12.9. The van der Waals surface area contributed by atoms with Gasteiger partial charge < -0.3 is 24.9 Å². The van der Waals surface area contributed by atoms with Crippen molar-refractivity contribution in [1.29, 1.82) is 0 Å². The second-order valence-electron chi connectivity index (χ2n) is 16.7. The molecule has 9 heteroatoms. The number of aryl methyl sites for hydroxylation is 2. The average Bonchev–Trinajstić information content (AvgIpc) is 3.53. The van der Waals surface area contributed by atoms with Crippen molar-refractivity contribution < 1.29 is 32.3 Å². The summed E-state index contributed by atoms with van der Waals surface area (Å²) in [6.07, 6.45) is 11.5. The molecule has 0 amide bonds. The van der Waals surface area contributed by atoms with Crippen molar-refractivity contribution in [1.82, 2.24) is 0 Å². The second-order valence-corrected chi connectivity index (χ2v) is 18.3. The highest BCUT2D eigenvalue weighted by molar-refractivity contribution is 7.87. The molecule has 8 nitrogen and oxygen atoms in total. The summed E-state index contributed by atoms with van der Waals surface area (Å²) < 4.78 is 37.2. The summed E-state index contributed by atoms with van der Waals surface area (Å²) in [5, 5.41) is 21.4. The minimum atomic E-state index is -4.16. The Bertz CT molecular complexity index is 1710. The highest BCUT2D eigenvalue weighted by Crippen LogP contribution is 2.62. The Hall–Kier alpha value is -2.46. The Morgan fingerprint density at radius 1 is 0.792 bits per heavy atom. The van der Waals surface area contributed by atoms with E-state index in [4.69, 9.17) is 14.7 Å². The van der Waals surface area contributed by atoms with E-state index in [1.165, 1.54) is 16.7 Å². The van der Waals surface area contributed by atoms with E-state index in [0.29, 0.717) is 41.3 Å². The van der Waals surface area contributed by atoms with Gasteiger partial charge in [0.1, 0.15) is 23.3 Å². The molecule has 0 bridgehead atoms. The average molecular weight is 678 g/mol. The number of nitrogens with two attached hydrogens (primary N) is 1. The molecule has 6 aliphatic carbocycles. The predicted molar refractivity (Wildman–Crippen MR) is 182 cm³/mol. The van der Waals surface area contributed by atoms with Gasteiger partial charge in [-0.15, -0.1) is 0 Å². The van der Waals surface area contributed by atoms with Crippen molar-refractivity contribution >= 4 is 16.1 Å². The largest absolute Gasteiger partial charge is 0.425 e. The van der Waals surface area contributed by atoms with Crippen LogP contribution in [0.2, 0.25) is 0 Å². The number of ether oxygens (including phenoxy) is 1. The van der Waals surface area contributed by atoms with Crippen molar-refractivity contribution in [3.05, 3.63) is 58.7 Å². The summed E-state index contributed by atoms with van der Waals surface area (Å²) in [6.45, 7) is 4.53. The molecule has 7 unspecified atom stereocenters. The maximum atomic E-state index is 13.1. The molecular formula is C39H51NO7S. The van der Waals surface area contributed by atoms with E-state index in [9.17, 15) is 23.4 Å². The molecule has 0 aliphatic heterocycles. The molecule has 0 saturated heterocycles. The fraction of sp³-hybridized carbons (Fsp3) is 0.667. The van der Waals surface area contributed by atoms with Crippen LogP contribution in [0.25, 0.3) is 0 Å². The number of carbonyl (C=O) groups excluding carboxylic acids is 1. The van der Waals surface area contributed by atoms with Gasteiger partial charge in [0.05, 0.1) is 12.2 Å². The molecule has 48 heavy (non-hydrogen) atoms. The van der Waals surface area contributed by atoms with Crippen molar-refractivity contribution in [3.63, 3.8) is 0 Å². The lowest BCUT2D eigenvalue weighted by atomic mass is 9.55. The van der Waals surface area contributed by atoms with Crippen LogP contribution in [-0.2, 0) is 27.8 Å². The first-order valence-electron chi connectivity index (χ1n) is 18.4. The summed E-state index contributed by atoms with van der Waals surface area (Å²) in [5.41, 5.74) is 11.0. The van der Waals surface area contributed by atoms with Gasteiger partial charge in [-0.3, -0.25) is 0 Å². The van der Waals surface area contributed by atoms with Gasteiger partial charge in [0.15, 0.2) is 0 Å². The van der Waals surface area contributed by atoms with Gasteiger partial charge in [0, 0.05) is 0 Å². The van der Waals surface area contributed by atoms with E-state index in [0.717, 1.165) is 82.6 Å². The van der Waals surface area contributed by atoms with E-state index >= 15 is 0 Å². The molecule has 2 aromatic carbocycles. The maximum absolute atomic E-state index is 13.1. The van der Waals surface area contributed by atoms with E-state index in [1.54, 1.807) is 12.1 Å². The van der Waals surface area contributed by atoms with Crippen LogP contribution >= 0.6 is 0 Å². The predicted octanol–water partition coefficient (Wildman–Crippen LogP) is 5.76. The number of hydrogen-bond donors (Lipinski definition) is 3. The van der Waals surface area contributed by atoms with Gasteiger partial charge in [-0.05, 0) is 170 Å². The number of fused-ring (bicyclic) bond motifs is 10. The number of benzene rings is 2. The molecule has 4 fully saturated rings. The minimum Gasteiger partial charge on any atom is -0.425 e. The molecule has 0 spiro atoms. The third-order valence-electron chi connectivity index (χ3n) is 14.4. The third-order valence-corrected chi connectivity index (χ3v) is 15.6. The van der Waals surface area contributed by atoms with Crippen molar-refractivity contribution in [2.75, 3.05) is 5.75 Å². The number of rotatable bonds is 6. The lowest BCUT2D eigenvalue weighted by Gasteiger charge is -2.50. The van der Waals surface area contributed by atoms with Gasteiger partial charge in [0.25, 0.3) is 0 Å². The highest BCUT2D eigenvalue weighted by atomic mass is 32.2. The first-order valence-corrected chi connectivity index (χ1v) is 20.0. The molecule has 0 radical (unpaired) electrons. The number of esters is 1. The van der Waals surface area contributed by atoms with Crippen LogP contribution in [0.15, 0.2) is 36.4 Å². The lowest BCUT2D eigenvalue weighted by Crippen LogP contribution is -2.44. The minimum absolute atomic E-state index is 0.0121. The molecule has 2 aromatic rings. The molecule has 8 rings (SSSR count). The lowest BCUT2D eigenvalue weighted by molar-refractivity contribution is -0.135. The van der Waals surface area contributed by atoms with Crippen LogP contribution < -0.4 is 14.7 Å². The van der Waals surface area contributed by atoms with Crippen LogP contribution in [0.4, 0.5) is 0 Å². The Morgan fingerprint density at radius 3 is 1.83 bits per heavy atom. The highest BCUT2D eigenvalue weighted by Gasteiger charge is 2.55. The van der Waals surface area contributed by atoms with Gasteiger partial charge in [-0.2, -0.15) is 8.42 Å². The summed E-state index contributed by atoms with van der Waals surface area (Å²) >= 11 is 0. The number of aliphatic hydroxyl groups is 2. The monoisotopic (exact) mass is 677 g/mol. The number of carbonyl (C=O) groups is 1. The standard InChI is InChI=1S/C39H51NO7S/c1-38-17-15-28-26-9-5-24(19-22(26)3-7-30(28)32(38)11-13-35(38)41)46-37(43)34(40)21-48(44,45)47-25-6-10-27-23(20-25)4-8-31-29(27)16-18-39(2)33(31)12-14-36(39)42/h5-6,9-10,19-20,28-36,41-42H,3-4,7-8,11-18,21,40H2,1-2H3/t28?,29?,30?,31?,32?,33?,34?,35-,36-,38-,39-/m0/s1. The second kappa shape index (κ2) is 11.8. The summed E-state index contributed by atoms with van der Waals surface area (Å²) in [5.74, 6) is 2.21. The zero-order chi connectivity index (χ0) is 33.6. The Labute approximate surface area is 284 Å². The molecular weight excluding hydrogens is 626 g/mol. The van der Waals surface area contributed by atoms with Gasteiger partial charge >= 0.3 is 16.1 Å². The van der Waals surface area contributed by atoms with Gasteiger partial charge in [-0.25, -0.2) is 4.79 Å². The van der Waals surface area contributed by atoms with Gasteiger partial charge in [-0.1, -0.05) is 26.0 Å². The first-order chi connectivity index (χ1) is 22.9. The van der Waals surface area contributed by atoms with E-state index in [-0.39, 0.29) is 28.8 Å². The summed E-state index contributed by atoms with van der Waals surface area (Å²) in [6, 6.07) is 9.96. The number of hydrogen-bond acceptors (Lipinski definition) is 8. The molecule has 0 heterocycles. The molecule has 4 saturated carbocycles. The van der Waals surface area contributed by atoms with E-state index < -0.39 is 27.9 Å². The summed E-state index contributed by atoms with van der Waals surface area (Å²) in [4.78, 5) is 13.0. The zero-order valence-corrected chi connectivity index (χ0v) is 29.1. The van der Waals surface area contributed by atoms with Crippen molar-refractivity contribution in [3.8, 4) is 11.5 Å². The van der Waals surface area contributed by atoms with Crippen LogP contribution in [0.1, 0.15) is 112 Å².